The van der Waals surface area contributed by atoms with E-state index in [1.807, 2.05) is 6.07 Å². The summed E-state index contributed by atoms with van der Waals surface area (Å²) >= 11 is 0. The van der Waals surface area contributed by atoms with Crippen LogP contribution in [0.4, 0.5) is 10.2 Å². The Labute approximate surface area is 103 Å². The highest BCUT2D eigenvalue weighted by Gasteiger charge is 2.06. The zero-order valence-corrected chi connectivity index (χ0v) is 9.30. The highest BCUT2D eigenvalue weighted by molar-refractivity contribution is 5.46. The fraction of sp³-hybridized carbons (Fsp3) is 0.0833. The van der Waals surface area contributed by atoms with Gasteiger partial charge in [-0.05, 0) is 12.1 Å². The average molecular weight is 244 g/mol. The SMILES string of the molecule is N#Cc1cnc(COc2ccccc2F)nc1N. The first-order valence-corrected chi connectivity index (χ1v) is 5.09. The van der Waals surface area contributed by atoms with E-state index in [0.717, 1.165) is 0 Å². The summed E-state index contributed by atoms with van der Waals surface area (Å²) in [5, 5.41) is 8.66. The second-order valence-corrected chi connectivity index (χ2v) is 3.42. The molecule has 0 atom stereocenters. The van der Waals surface area contributed by atoms with Crippen molar-refractivity contribution in [2.75, 3.05) is 5.73 Å². The van der Waals surface area contributed by atoms with E-state index in [9.17, 15) is 4.39 Å². The van der Waals surface area contributed by atoms with Gasteiger partial charge in [-0.2, -0.15) is 5.26 Å². The van der Waals surface area contributed by atoms with E-state index in [2.05, 4.69) is 9.97 Å². The van der Waals surface area contributed by atoms with Crippen LogP contribution in [0.1, 0.15) is 11.4 Å². The third-order valence-corrected chi connectivity index (χ3v) is 2.18. The molecule has 0 saturated carbocycles. The molecular weight excluding hydrogens is 235 g/mol. The number of rotatable bonds is 3. The van der Waals surface area contributed by atoms with E-state index in [0.29, 0.717) is 0 Å². The Morgan fingerprint density at radius 1 is 1.39 bits per heavy atom. The Morgan fingerprint density at radius 3 is 2.83 bits per heavy atom. The van der Waals surface area contributed by atoms with Crippen LogP contribution in [-0.4, -0.2) is 9.97 Å². The van der Waals surface area contributed by atoms with Crippen LogP contribution in [0, 0.1) is 17.1 Å². The molecule has 0 unspecified atom stereocenters. The van der Waals surface area contributed by atoms with Crippen LogP contribution in [0.15, 0.2) is 30.5 Å². The van der Waals surface area contributed by atoms with Crippen molar-refractivity contribution < 1.29 is 9.13 Å². The Morgan fingerprint density at radius 2 is 2.17 bits per heavy atom. The topological polar surface area (TPSA) is 84.8 Å². The number of nitrogens with two attached hydrogens (primary N) is 1. The molecule has 2 rings (SSSR count). The van der Waals surface area contributed by atoms with Crippen molar-refractivity contribution in [3.05, 3.63) is 47.7 Å². The van der Waals surface area contributed by atoms with Gasteiger partial charge < -0.3 is 10.5 Å². The third kappa shape index (κ3) is 2.52. The molecule has 0 saturated heterocycles. The van der Waals surface area contributed by atoms with Crippen molar-refractivity contribution in [2.45, 2.75) is 6.61 Å². The van der Waals surface area contributed by atoms with Gasteiger partial charge in [0.25, 0.3) is 0 Å². The fourth-order valence-electron chi connectivity index (χ4n) is 1.29. The van der Waals surface area contributed by atoms with Crippen molar-refractivity contribution >= 4 is 5.82 Å². The highest BCUT2D eigenvalue weighted by atomic mass is 19.1. The molecule has 0 bridgehead atoms. The number of ether oxygens (including phenoxy) is 1. The number of para-hydroxylation sites is 1. The van der Waals surface area contributed by atoms with E-state index >= 15 is 0 Å². The van der Waals surface area contributed by atoms with Crippen molar-refractivity contribution in [3.63, 3.8) is 0 Å². The standard InChI is InChI=1S/C12H9FN4O/c13-9-3-1-2-4-10(9)18-7-11-16-6-8(5-14)12(15)17-11/h1-4,6H,7H2,(H2,15,16,17). The minimum absolute atomic E-state index is 0.0170. The summed E-state index contributed by atoms with van der Waals surface area (Å²) in [6.45, 7) is -0.0170. The molecule has 0 aliphatic rings. The molecular formula is C12H9FN4O. The molecule has 5 nitrogen and oxygen atoms in total. The van der Waals surface area contributed by atoms with Crippen LogP contribution in [0.2, 0.25) is 0 Å². The van der Waals surface area contributed by atoms with E-state index in [-0.39, 0.29) is 29.6 Å². The van der Waals surface area contributed by atoms with Gasteiger partial charge in [0.2, 0.25) is 0 Å². The fourth-order valence-corrected chi connectivity index (χ4v) is 1.29. The lowest BCUT2D eigenvalue weighted by Crippen LogP contribution is -2.06. The summed E-state index contributed by atoms with van der Waals surface area (Å²) in [6, 6.07) is 7.88. The lowest BCUT2D eigenvalue weighted by molar-refractivity contribution is 0.281. The molecule has 2 N–H and O–H groups in total. The Kier molecular flexibility index (Phi) is 3.34. The highest BCUT2D eigenvalue weighted by Crippen LogP contribution is 2.16. The number of nitrogens with zero attached hydrogens (tertiary/aromatic N) is 3. The largest absolute Gasteiger partial charge is 0.483 e. The molecule has 90 valence electrons. The van der Waals surface area contributed by atoms with Crippen molar-refractivity contribution in [1.82, 2.24) is 9.97 Å². The number of aromatic nitrogens is 2. The van der Waals surface area contributed by atoms with Gasteiger partial charge in [-0.25, -0.2) is 14.4 Å². The molecule has 0 radical (unpaired) electrons. The zero-order chi connectivity index (χ0) is 13.0. The number of halogens is 1. The summed E-state index contributed by atoms with van der Waals surface area (Å²) in [7, 11) is 0. The van der Waals surface area contributed by atoms with E-state index in [1.54, 1.807) is 12.1 Å². The second kappa shape index (κ2) is 5.10. The quantitative estimate of drug-likeness (QED) is 0.887. The summed E-state index contributed by atoms with van der Waals surface area (Å²) in [6.07, 6.45) is 1.31. The first kappa shape index (κ1) is 11.8. The van der Waals surface area contributed by atoms with Gasteiger partial charge in [-0.15, -0.1) is 0 Å². The zero-order valence-electron chi connectivity index (χ0n) is 9.30. The number of nitriles is 1. The molecule has 0 aliphatic heterocycles. The number of hydrogen-bond acceptors (Lipinski definition) is 5. The molecule has 0 spiro atoms. The van der Waals surface area contributed by atoms with Gasteiger partial charge in [0, 0.05) is 0 Å². The lowest BCUT2D eigenvalue weighted by atomic mass is 10.3. The second-order valence-electron chi connectivity index (χ2n) is 3.42. The molecule has 1 aromatic heterocycles. The van der Waals surface area contributed by atoms with Gasteiger partial charge in [0.05, 0.1) is 6.20 Å². The number of benzene rings is 1. The molecule has 0 aliphatic carbocycles. The van der Waals surface area contributed by atoms with Crippen LogP contribution >= 0.6 is 0 Å². The number of anilines is 1. The predicted octanol–water partition coefficient (Wildman–Crippen LogP) is 1.65. The molecule has 1 aromatic carbocycles. The molecule has 0 amide bonds. The first-order chi connectivity index (χ1) is 8.70. The summed E-state index contributed by atoms with van der Waals surface area (Å²) in [5.41, 5.74) is 5.73. The normalized spacial score (nSPS) is 9.78. The van der Waals surface area contributed by atoms with E-state index in [1.165, 1.54) is 18.3 Å². The first-order valence-electron chi connectivity index (χ1n) is 5.09. The number of nitrogen functional groups attached to an aromatic ring is 1. The maximum absolute atomic E-state index is 13.3. The van der Waals surface area contributed by atoms with Gasteiger partial charge in [-0.3, -0.25) is 0 Å². The molecule has 2 aromatic rings. The van der Waals surface area contributed by atoms with E-state index in [4.69, 9.17) is 15.7 Å². The number of hydrogen-bond donors (Lipinski definition) is 1. The molecule has 18 heavy (non-hydrogen) atoms. The summed E-state index contributed by atoms with van der Waals surface area (Å²) < 4.78 is 18.5. The maximum Gasteiger partial charge on any atom is 0.168 e. The third-order valence-electron chi connectivity index (χ3n) is 2.18. The van der Waals surface area contributed by atoms with Crippen LogP contribution in [0.25, 0.3) is 0 Å². The smallest absolute Gasteiger partial charge is 0.168 e. The molecule has 1 heterocycles. The van der Waals surface area contributed by atoms with Crippen LogP contribution in [0.3, 0.4) is 0 Å². The van der Waals surface area contributed by atoms with Gasteiger partial charge in [0.15, 0.2) is 17.4 Å². The molecule has 6 heteroatoms. The van der Waals surface area contributed by atoms with Crippen LogP contribution in [-0.2, 0) is 6.61 Å². The van der Waals surface area contributed by atoms with Crippen molar-refractivity contribution in [2.24, 2.45) is 0 Å². The predicted molar refractivity (Wildman–Crippen MR) is 61.9 cm³/mol. The lowest BCUT2D eigenvalue weighted by Gasteiger charge is -2.06. The Hall–Kier alpha value is -2.68. The van der Waals surface area contributed by atoms with Crippen molar-refractivity contribution in [1.29, 1.82) is 5.26 Å². The minimum Gasteiger partial charge on any atom is -0.483 e. The van der Waals surface area contributed by atoms with Crippen LogP contribution in [0.5, 0.6) is 5.75 Å². The van der Waals surface area contributed by atoms with Crippen LogP contribution < -0.4 is 10.5 Å². The monoisotopic (exact) mass is 244 g/mol. The van der Waals surface area contributed by atoms with Gasteiger partial charge in [-0.1, -0.05) is 12.1 Å². The minimum atomic E-state index is -0.459. The maximum atomic E-state index is 13.3. The summed E-state index contributed by atoms with van der Waals surface area (Å²) in [5.74, 6) is 0.0255. The van der Waals surface area contributed by atoms with Gasteiger partial charge >= 0.3 is 0 Å². The average Bonchev–Trinajstić information content (AvgIpc) is 2.38. The van der Waals surface area contributed by atoms with E-state index < -0.39 is 5.82 Å². The summed E-state index contributed by atoms with van der Waals surface area (Å²) in [4.78, 5) is 7.78. The van der Waals surface area contributed by atoms with Gasteiger partial charge in [0.1, 0.15) is 24.1 Å². The molecule has 0 fully saturated rings. The Balaban J connectivity index is 2.10. The Bertz CT molecular complexity index is 609. The van der Waals surface area contributed by atoms with Crippen molar-refractivity contribution in [3.8, 4) is 11.8 Å².